The average molecular weight is 347 g/mol. The minimum Gasteiger partial charge on any atom is -0.370 e. The third-order valence-corrected chi connectivity index (χ3v) is 2.57. The first kappa shape index (κ1) is 16.2. The molecule has 0 atom stereocenters. The maximum Gasteiger partial charge on any atom is 0.193 e. The van der Waals surface area contributed by atoms with Gasteiger partial charge in [0, 0.05) is 12.2 Å². The number of nitrogens with two attached hydrogens (primary N) is 1. The van der Waals surface area contributed by atoms with Crippen LogP contribution in [-0.2, 0) is 0 Å². The van der Waals surface area contributed by atoms with Crippen LogP contribution in [0.5, 0.6) is 0 Å². The minimum absolute atomic E-state index is 0. The zero-order valence-corrected chi connectivity index (χ0v) is 13.1. The Morgan fingerprint density at radius 1 is 1.29 bits per heavy atom. The largest absolute Gasteiger partial charge is 0.370 e. The highest BCUT2D eigenvalue weighted by molar-refractivity contribution is 14.0. The van der Waals surface area contributed by atoms with Gasteiger partial charge in [0.1, 0.15) is 0 Å². The standard InChI is InChI=1S/C13H21N3.HI/c1-4-5-8-15-13(14)16-12-7-6-10(2)11(3)9-12;/h6-7,9H,4-5,8H2,1-3H3,(H3,14,15,16);1H. The number of rotatable bonds is 4. The van der Waals surface area contributed by atoms with E-state index >= 15 is 0 Å². The SMILES string of the molecule is CCCCN=C(N)Nc1ccc(C)c(C)c1.I. The molecule has 0 saturated carbocycles. The molecule has 96 valence electrons. The molecular weight excluding hydrogens is 325 g/mol. The fourth-order valence-corrected chi connectivity index (χ4v) is 1.36. The summed E-state index contributed by atoms with van der Waals surface area (Å²) in [5.74, 6) is 0.497. The van der Waals surface area contributed by atoms with E-state index in [0.29, 0.717) is 5.96 Å². The summed E-state index contributed by atoms with van der Waals surface area (Å²) in [7, 11) is 0. The Kier molecular flexibility index (Phi) is 7.95. The van der Waals surface area contributed by atoms with Gasteiger partial charge in [0.25, 0.3) is 0 Å². The molecule has 3 N–H and O–H groups in total. The molecule has 0 saturated heterocycles. The van der Waals surface area contributed by atoms with Crippen molar-refractivity contribution in [1.29, 1.82) is 0 Å². The van der Waals surface area contributed by atoms with Crippen molar-refractivity contribution >= 4 is 35.6 Å². The van der Waals surface area contributed by atoms with E-state index in [1.54, 1.807) is 0 Å². The summed E-state index contributed by atoms with van der Waals surface area (Å²) in [6.45, 7) is 7.12. The maximum atomic E-state index is 5.77. The Hall–Kier alpha value is -0.780. The number of nitrogens with one attached hydrogen (secondary N) is 1. The van der Waals surface area contributed by atoms with Crippen molar-refractivity contribution < 1.29 is 0 Å². The number of benzene rings is 1. The van der Waals surface area contributed by atoms with Crippen LogP contribution in [0.15, 0.2) is 23.2 Å². The predicted molar refractivity (Wildman–Crippen MR) is 86.4 cm³/mol. The minimum atomic E-state index is 0. The summed E-state index contributed by atoms with van der Waals surface area (Å²) >= 11 is 0. The van der Waals surface area contributed by atoms with Gasteiger partial charge in [0.2, 0.25) is 0 Å². The van der Waals surface area contributed by atoms with Crippen LogP contribution in [0.25, 0.3) is 0 Å². The lowest BCUT2D eigenvalue weighted by molar-refractivity contribution is 0.807. The highest BCUT2D eigenvalue weighted by atomic mass is 127. The molecule has 0 fully saturated rings. The summed E-state index contributed by atoms with van der Waals surface area (Å²) in [5.41, 5.74) is 9.31. The van der Waals surface area contributed by atoms with E-state index in [9.17, 15) is 0 Å². The first-order chi connectivity index (χ1) is 7.63. The van der Waals surface area contributed by atoms with Gasteiger partial charge in [-0.05, 0) is 43.5 Å². The molecule has 0 radical (unpaired) electrons. The molecular formula is C13H22IN3. The van der Waals surface area contributed by atoms with Crippen LogP contribution in [0.4, 0.5) is 5.69 Å². The van der Waals surface area contributed by atoms with E-state index < -0.39 is 0 Å². The van der Waals surface area contributed by atoms with Crippen molar-refractivity contribution in [3.63, 3.8) is 0 Å². The van der Waals surface area contributed by atoms with Crippen LogP contribution < -0.4 is 11.1 Å². The Labute approximate surface area is 121 Å². The van der Waals surface area contributed by atoms with Gasteiger partial charge in [-0.1, -0.05) is 19.4 Å². The van der Waals surface area contributed by atoms with Crippen LogP contribution in [0.2, 0.25) is 0 Å². The van der Waals surface area contributed by atoms with Gasteiger partial charge in [-0.15, -0.1) is 24.0 Å². The highest BCUT2D eigenvalue weighted by Gasteiger charge is 1.97. The van der Waals surface area contributed by atoms with Crippen LogP contribution in [-0.4, -0.2) is 12.5 Å². The highest BCUT2D eigenvalue weighted by Crippen LogP contribution is 2.13. The van der Waals surface area contributed by atoms with Crippen molar-refractivity contribution in [2.24, 2.45) is 10.7 Å². The second-order valence-electron chi connectivity index (χ2n) is 4.04. The van der Waals surface area contributed by atoms with Gasteiger partial charge in [-0.25, -0.2) is 0 Å². The zero-order valence-electron chi connectivity index (χ0n) is 10.8. The van der Waals surface area contributed by atoms with E-state index in [1.807, 2.05) is 6.07 Å². The number of guanidine groups is 1. The Morgan fingerprint density at radius 2 is 2.00 bits per heavy atom. The molecule has 0 aliphatic rings. The van der Waals surface area contributed by atoms with Crippen molar-refractivity contribution in [2.75, 3.05) is 11.9 Å². The van der Waals surface area contributed by atoms with E-state index in [1.165, 1.54) is 11.1 Å². The number of anilines is 1. The molecule has 0 amide bonds. The zero-order chi connectivity index (χ0) is 12.0. The molecule has 1 rings (SSSR count). The lowest BCUT2D eigenvalue weighted by atomic mass is 10.1. The molecule has 0 aliphatic heterocycles. The summed E-state index contributed by atoms with van der Waals surface area (Å²) in [4.78, 5) is 4.24. The van der Waals surface area contributed by atoms with Gasteiger partial charge in [0.05, 0.1) is 0 Å². The predicted octanol–water partition coefficient (Wildman–Crippen LogP) is 3.45. The van der Waals surface area contributed by atoms with E-state index in [2.05, 4.69) is 43.2 Å². The molecule has 17 heavy (non-hydrogen) atoms. The molecule has 0 bridgehead atoms. The van der Waals surface area contributed by atoms with Crippen molar-refractivity contribution in [3.8, 4) is 0 Å². The molecule has 0 aromatic heterocycles. The molecule has 0 heterocycles. The van der Waals surface area contributed by atoms with Gasteiger partial charge >= 0.3 is 0 Å². The molecule has 0 unspecified atom stereocenters. The molecule has 1 aromatic rings. The van der Waals surface area contributed by atoms with E-state index in [-0.39, 0.29) is 24.0 Å². The van der Waals surface area contributed by atoms with Crippen molar-refractivity contribution in [3.05, 3.63) is 29.3 Å². The van der Waals surface area contributed by atoms with Crippen molar-refractivity contribution in [2.45, 2.75) is 33.6 Å². The molecule has 0 aliphatic carbocycles. The summed E-state index contributed by atoms with van der Waals surface area (Å²) in [5, 5.41) is 3.10. The average Bonchev–Trinajstić information content (AvgIpc) is 2.24. The Morgan fingerprint density at radius 3 is 2.59 bits per heavy atom. The van der Waals surface area contributed by atoms with E-state index in [0.717, 1.165) is 25.1 Å². The van der Waals surface area contributed by atoms with Gasteiger partial charge in [-0.3, -0.25) is 4.99 Å². The summed E-state index contributed by atoms with van der Waals surface area (Å²) in [6, 6.07) is 6.18. The number of hydrogen-bond donors (Lipinski definition) is 2. The van der Waals surface area contributed by atoms with Crippen LogP contribution in [0, 0.1) is 13.8 Å². The van der Waals surface area contributed by atoms with Crippen LogP contribution in [0.1, 0.15) is 30.9 Å². The van der Waals surface area contributed by atoms with Crippen molar-refractivity contribution in [1.82, 2.24) is 0 Å². The number of unbranched alkanes of at least 4 members (excludes halogenated alkanes) is 1. The Bertz CT molecular complexity index is 375. The molecule has 4 heteroatoms. The third kappa shape index (κ3) is 5.91. The second kappa shape index (κ2) is 8.33. The second-order valence-corrected chi connectivity index (χ2v) is 4.04. The van der Waals surface area contributed by atoms with Crippen LogP contribution in [0.3, 0.4) is 0 Å². The topological polar surface area (TPSA) is 50.4 Å². The first-order valence-electron chi connectivity index (χ1n) is 5.77. The molecule has 1 aromatic carbocycles. The smallest absolute Gasteiger partial charge is 0.193 e. The molecule has 3 nitrogen and oxygen atoms in total. The number of halogens is 1. The maximum absolute atomic E-state index is 5.77. The Balaban J connectivity index is 0.00000256. The summed E-state index contributed by atoms with van der Waals surface area (Å²) in [6.07, 6.45) is 2.22. The number of hydrogen-bond acceptors (Lipinski definition) is 1. The first-order valence-corrected chi connectivity index (χ1v) is 5.77. The number of aliphatic imine (C=N–C) groups is 1. The van der Waals surface area contributed by atoms with E-state index in [4.69, 9.17) is 5.73 Å². The number of aryl methyl sites for hydroxylation is 2. The quantitative estimate of drug-likeness (QED) is 0.379. The lowest BCUT2D eigenvalue weighted by Gasteiger charge is -2.07. The van der Waals surface area contributed by atoms with Crippen LogP contribution >= 0.6 is 24.0 Å². The molecule has 0 spiro atoms. The van der Waals surface area contributed by atoms with Gasteiger partial charge in [0.15, 0.2) is 5.96 Å². The monoisotopic (exact) mass is 347 g/mol. The normalized spacial score (nSPS) is 10.9. The van der Waals surface area contributed by atoms with Gasteiger partial charge in [-0.2, -0.15) is 0 Å². The fraction of sp³-hybridized carbons (Fsp3) is 0.462. The lowest BCUT2D eigenvalue weighted by Crippen LogP contribution is -2.22. The summed E-state index contributed by atoms with van der Waals surface area (Å²) < 4.78 is 0. The third-order valence-electron chi connectivity index (χ3n) is 2.57. The number of nitrogens with zero attached hydrogens (tertiary/aromatic N) is 1. The van der Waals surface area contributed by atoms with Gasteiger partial charge < -0.3 is 11.1 Å². The fourth-order valence-electron chi connectivity index (χ4n) is 1.36.